The molecule has 0 aromatic carbocycles. The van der Waals surface area contributed by atoms with Gasteiger partial charge in [-0.2, -0.15) is 5.10 Å². The minimum atomic E-state index is -0.340. The van der Waals surface area contributed by atoms with E-state index in [1.165, 1.54) is 0 Å². The molecule has 118 valence electrons. The molecular formula is C16H26ClN3O. The van der Waals surface area contributed by atoms with E-state index in [0.717, 1.165) is 56.6 Å². The molecule has 1 fully saturated rings. The highest BCUT2D eigenvalue weighted by Crippen LogP contribution is 2.29. The summed E-state index contributed by atoms with van der Waals surface area (Å²) in [7, 11) is 0. The molecule has 21 heavy (non-hydrogen) atoms. The lowest BCUT2D eigenvalue weighted by Gasteiger charge is -2.27. The van der Waals surface area contributed by atoms with Crippen molar-refractivity contribution in [2.45, 2.75) is 71.4 Å². The van der Waals surface area contributed by atoms with Crippen LogP contribution in [0.15, 0.2) is 0 Å². The van der Waals surface area contributed by atoms with E-state index in [4.69, 9.17) is 11.6 Å². The number of ketones is 1. The minimum absolute atomic E-state index is 0.265. The summed E-state index contributed by atoms with van der Waals surface area (Å²) in [6, 6.07) is 0. The van der Waals surface area contributed by atoms with Crippen molar-refractivity contribution in [3.8, 4) is 0 Å². The monoisotopic (exact) mass is 311 g/mol. The maximum Gasteiger partial charge on any atom is 0.158 e. The van der Waals surface area contributed by atoms with Crippen LogP contribution in [0.2, 0.25) is 5.02 Å². The quantitative estimate of drug-likeness (QED) is 0.841. The van der Waals surface area contributed by atoms with Crippen LogP contribution in [0.3, 0.4) is 0 Å². The topological polar surface area (TPSA) is 46.9 Å². The second kappa shape index (κ2) is 6.93. The molecule has 2 rings (SSSR count). The van der Waals surface area contributed by atoms with Crippen molar-refractivity contribution in [2.75, 3.05) is 6.54 Å². The number of hydrogen-bond acceptors (Lipinski definition) is 3. The molecule has 0 aliphatic carbocycles. The van der Waals surface area contributed by atoms with Gasteiger partial charge in [0, 0.05) is 6.54 Å². The van der Waals surface area contributed by atoms with E-state index in [9.17, 15) is 4.79 Å². The van der Waals surface area contributed by atoms with Gasteiger partial charge in [-0.05, 0) is 39.2 Å². The summed E-state index contributed by atoms with van der Waals surface area (Å²) in [6.45, 7) is 7.89. The number of aryl methyl sites for hydroxylation is 2. The normalized spacial score (nSPS) is 21.9. The molecule has 1 aliphatic heterocycles. The first-order chi connectivity index (χ1) is 10.1. The third-order valence-corrected chi connectivity index (χ3v) is 4.91. The van der Waals surface area contributed by atoms with E-state index in [2.05, 4.69) is 17.3 Å². The van der Waals surface area contributed by atoms with Crippen molar-refractivity contribution in [1.82, 2.24) is 15.1 Å². The summed E-state index contributed by atoms with van der Waals surface area (Å²) in [4.78, 5) is 12.9. The Labute approximate surface area is 132 Å². The van der Waals surface area contributed by atoms with Gasteiger partial charge in [0.1, 0.15) is 0 Å². The molecule has 0 amide bonds. The molecular weight excluding hydrogens is 286 g/mol. The van der Waals surface area contributed by atoms with Crippen LogP contribution in [0, 0.1) is 0 Å². The van der Waals surface area contributed by atoms with Gasteiger partial charge in [-0.3, -0.25) is 9.48 Å². The Bertz CT molecular complexity index is 504. The fourth-order valence-corrected chi connectivity index (χ4v) is 3.67. The number of carbonyl (C=O) groups is 1. The number of carbonyl (C=O) groups excluding carboxylic acids is 1. The van der Waals surface area contributed by atoms with Gasteiger partial charge in [-0.15, -0.1) is 0 Å². The maximum atomic E-state index is 12.9. The summed E-state index contributed by atoms with van der Waals surface area (Å²) in [5.41, 5.74) is 1.43. The molecule has 1 saturated heterocycles. The minimum Gasteiger partial charge on any atom is -0.305 e. The first kappa shape index (κ1) is 16.5. The average Bonchev–Trinajstić information content (AvgIpc) is 3.06. The second-order valence-electron chi connectivity index (χ2n) is 5.84. The molecule has 0 radical (unpaired) electrons. The molecule has 0 bridgehead atoms. The van der Waals surface area contributed by atoms with Crippen LogP contribution in [0.1, 0.15) is 57.8 Å². The highest BCUT2D eigenvalue weighted by atomic mass is 35.5. The molecule has 0 spiro atoms. The molecule has 4 nitrogen and oxygen atoms in total. The van der Waals surface area contributed by atoms with Crippen LogP contribution in [0.5, 0.6) is 0 Å². The predicted octanol–water partition coefficient (Wildman–Crippen LogP) is 3.15. The standard InChI is InChI=1S/C16H26ClN3O/c1-4-8-16(9-7-10-18-16)14(21)11-13-15(17)12(5-2)19-20(13)6-3/h18H,4-11H2,1-3H3. The molecule has 1 aromatic heterocycles. The highest BCUT2D eigenvalue weighted by molar-refractivity contribution is 6.32. The Morgan fingerprint density at radius 2 is 2.19 bits per heavy atom. The van der Waals surface area contributed by atoms with Gasteiger partial charge in [0.05, 0.1) is 28.4 Å². The number of Topliss-reactive ketones (excluding diaryl/α,β-unsaturated/α-hetero) is 1. The molecule has 1 aromatic rings. The van der Waals surface area contributed by atoms with Crippen molar-refractivity contribution >= 4 is 17.4 Å². The third-order valence-electron chi connectivity index (χ3n) is 4.48. The van der Waals surface area contributed by atoms with Crippen LogP contribution in [0.25, 0.3) is 0 Å². The van der Waals surface area contributed by atoms with E-state index in [0.29, 0.717) is 11.4 Å². The van der Waals surface area contributed by atoms with Crippen molar-refractivity contribution in [3.63, 3.8) is 0 Å². The Balaban J connectivity index is 2.24. The van der Waals surface area contributed by atoms with Gasteiger partial charge in [-0.25, -0.2) is 0 Å². The lowest BCUT2D eigenvalue weighted by molar-refractivity contribution is -0.124. The van der Waals surface area contributed by atoms with Gasteiger partial charge in [-0.1, -0.05) is 31.9 Å². The van der Waals surface area contributed by atoms with Crippen LogP contribution < -0.4 is 5.32 Å². The Hall–Kier alpha value is -0.870. The van der Waals surface area contributed by atoms with E-state index >= 15 is 0 Å². The van der Waals surface area contributed by atoms with Crippen molar-refractivity contribution < 1.29 is 4.79 Å². The highest BCUT2D eigenvalue weighted by Gasteiger charge is 2.40. The lowest BCUT2D eigenvalue weighted by Crippen LogP contribution is -2.48. The zero-order valence-corrected chi connectivity index (χ0v) is 14.1. The summed E-state index contributed by atoms with van der Waals surface area (Å²) >= 11 is 6.43. The number of nitrogens with zero attached hydrogens (tertiary/aromatic N) is 2. The summed E-state index contributed by atoms with van der Waals surface area (Å²) in [5, 5.41) is 8.63. The molecule has 2 heterocycles. The van der Waals surface area contributed by atoms with Crippen LogP contribution in [-0.4, -0.2) is 27.6 Å². The van der Waals surface area contributed by atoms with E-state index in [1.807, 2.05) is 18.5 Å². The Morgan fingerprint density at radius 3 is 2.71 bits per heavy atom. The fraction of sp³-hybridized carbons (Fsp3) is 0.750. The van der Waals surface area contributed by atoms with Crippen molar-refractivity contribution in [3.05, 3.63) is 16.4 Å². The van der Waals surface area contributed by atoms with Gasteiger partial charge in [0.15, 0.2) is 5.78 Å². The van der Waals surface area contributed by atoms with Crippen LogP contribution in [0.4, 0.5) is 0 Å². The lowest BCUT2D eigenvalue weighted by atomic mass is 9.85. The zero-order chi connectivity index (χ0) is 15.5. The second-order valence-corrected chi connectivity index (χ2v) is 6.22. The molecule has 5 heteroatoms. The fourth-order valence-electron chi connectivity index (χ4n) is 3.33. The number of aromatic nitrogens is 2. The summed E-state index contributed by atoms with van der Waals surface area (Å²) < 4.78 is 1.88. The van der Waals surface area contributed by atoms with Gasteiger partial charge >= 0.3 is 0 Å². The van der Waals surface area contributed by atoms with Crippen LogP contribution in [-0.2, 0) is 24.2 Å². The van der Waals surface area contributed by atoms with Gasteiger partial charge in [0.25, 0.3) is 0 Å². The average molecular weight is 312 g/mol. The number of rotatable bonds is 7. The largest absolute Gasteiger partial charge is 0.305 e. The van der Waals surface area contributed by atoms with Crippen LogP contribution >= 0.6 is 11.6 Å². The van der Waals surface area contributed by atoms with Gasteiger partial charge in [0.2, 0.25) is 0 Å². The van der Waals surface area contributed by atoms with E-state index in [1.54, 1.807) is 0 Å². The first-order valence-corrected chi connectivity index (χ1v) is 8.48. The van der Waals surface area contributed by atoms with E-state index in [-0.39, 0.29) is 11.3 Å². The number of halogens is 1. The predicted molar refractivity (Wildman–Crippen MR) is 85.9 cm³/mol. The third kappa shape index (κ3) is 3.16. The molecule has 1 unspecified atom stereocenters. The maximum absolute atomic E-state index is 12.9. The Kier molecular flexibility index (Phi) is 5.44. The van der Waals surface area contributed by atoms with Crippen molar-refractivity contribution in [1.29, 1.82) is 0 Å². The molecule has 1 atom stereocenters. The smallest absolute Gasteiger partial charge is 0.158 e. The molecule has 1 aliphatic rings. The number of nitrogens with one attached hydrogen (secondary N) is 1. The number of hydrogen-bond donors (Lipinski definition) is 1. The summed E-state index contributed by atoms with van der Waals surface area (Å²) in [5.74, 6) is 0.265. The molecule has 1 N–H and O–H groups in total. The van der Waals surface area contributed by atoms with Crippen molar-refractivity contribution in [2.24, 2.45) is 0 Å². The zero-order valence-electron chi connectivity index (χ0n) is 13.3. The van der Waals surface area contributed by atoms with E-state index < -0.39 is 0 Å². The first-order valence-electron chi connectivity index (χ1n) is 8.10. The molecule has 0 saturated carbocycles. The van der Waals surface area contributed by atoms with Gasteiger partial charge < -0.3 is 5.32 Å². The summed E-state index contributed by atoms with van der Waals surface area (Å²) in [6.07, 6.45) is 5.12. The Morgan fingerprint density at radius 1 is 1.43 bits per heavy atom. The SMILES string of the molecule is CCCC1(C(=O)Cc2c(Cl)c(CC)nn2CC)CCCN1.